The van der Waals surface area contributed by atoms with Gasteiger partial charge in [-0.2, -0.15) is 10.2 Å². The van der Waals surface area contributed by atoms with Crippen LogP contribution in [0.1, 0.15) is 34.5 Å². The fraction of sp³-hybridized carbons (Fsp3) is 0.286. The number of aromatic nitrogens is 2. The summed E-state index contributed by atoms with van der Waals surface area (Å²) in [6, 6.07) is 6.64. The normalized spacial score (nSPS) is 14.7. The van der Waals surface area contributed by atoms with Gasteiger partial charge in [0, 0.05) is 23.6 Å². The Hall–Kier alpha value is -3.26. The number of aliphatic hydroxyl groups is 1. The van der Waals surface area contributed by atoms with Crippen molar-refractivity contribution in [2.45, 2.75) is 19.4 Å². The SMILES string of the molecule is COc1cc2nncc(N3CCc4ccc(OC)c(F)c4C3=O)c2cc1C(C)O. The number of halogens is 1. The monoisotopic (exact) mass is 397 g/mol. The third kappa shape index (κ3) is 3.05. The van der Waals surface area contributed by atoms with Crippen LogP contribution in [0, 0.1) is 5.82 Å². The predicted octanol–water partition coefficient (Wildman–Crippen LogP) is 3.04. The maximum atomic E-state index is 14.8. The van der Waals surface area contributed by atoms with Crippen LogP contribution in [0.4, 0.5) is 10.1 Å². The van der Waals surface area contributed by atoms with Crippen LogP contribution in [-0.4, -0.2) is 42.0 Å². The number of hydrogen-bond acceptors (Lipinski definition) is 6. The molecule has 1 aliphatic heterocycles. The van der Waals surface area contributed by atoms with E-state index in [2.05, 4.69) is 10.2 Å². The second-order valence-corrected chi connectivity index (χ2v) is 6.84. The number of fused-ring (bicyclic) bond motifs is 2. The molecule has 8 heteroatoms. The van der Waals surface area contributed by atoms with Gasteiger partial charge in [0.1, 0.15) is 5.75 Å². The van der Waals surface area contributed by atoms with Crippen LogP contribution < -0.4 is 14.4 Å². The second kappa shape index (κ2) is 7.29. The standard InChI is InChI=1S/C21H20FN3O4/c1-11(26)13-8-14-15(9-18(13)29-3)24-23-10-16(14)25-7-6-12-4-5-17(28-2)20(22)19(12)21(25)27/h4-5,8-11,26H,6-7H2,1-3H3. The maximum Gasteiger partial charge on any atom is 0.261 e. The highest BCUT2D eigenvalue weighted by Crippen LogP contribution is 2.36. The molecule has 0 fully saturated rings. The lowest BCUT2D eigenvalue weighted by atomic mass is 9.96. The first-order valence-electron chi connectivity index (χ1n) is 9.14. The Balaban J connectivity index is 1.87. The van der Waals surface area contributed by atoms with E-state index in [0.717, 1.165) is 0 Å². The summed E-state index contributed by atoms with van der Waals surface area (Å²) in [7, 11) is 2.87. The molecule has 29 heavy (non-hydrogen) atoms. The number of hydrogen-bond donors (Lipinski definition) is 1. The number of aliphatic hydroxyl groups excluding tert-OH is 1. The summed E-state index contributed by atoms with van der Waals surface area (Å²) in [5, 5.41) is 18.9. The molecular weight excluding hydrogens is 377 g/mol. The fourth-order valence-electron chi connectivity index (χ4n) is 3.70. The van der Waals surface area contributed by atoms with Crippen LogP contribution in [0.3, 0.4) is 0 Å². The molecule has 2 heterocycles. The van der Waals surface area contributed by atoms with Crippen molar-refractivity contribution in [1.82, 2.24) is 10.2 Å². The van der Waals surface area contributed by atoms with Crippen LogP contribution >= 0.6 is 0 Å². The van der Waals surface area contributed by atoms with Gasteiger partial charge in [0.15, 0.2) is 11.6 Å². The van der Waals surface area contributed by atoms with E-state index in [9.17, 15) is 14.3 Å². The van der Waals surface area contributed by atoms with E-state index in [1.54, 1.807) is 25.1 Å². The highest BCUT2D eigenvalue weighted by molar-refractivity contribution is 6.12. The van der Waals surface area contributed by atoms with Gasteiger partial charge in [-0.15, -0.1) is 0 Å². The molecule has 0 spiro atoms. The minimum atomic E-state index is -0.783. The van der Waals surface area contributed by atoms with Crippen LogP contribution in [0.15, 0.2) is 30.5 Å². The number of anilines is 1. The Kier molecular flexibility index (Phi) is 4.79. The molecule has 150 valence electrons. The third-order valence-electron chi connectivity index (χ3n) is 5.19. The minimum Gasteiger partial charge on any atom is -0.496 e. The minimum absolute atomic E-state index is 0.00447. The number of ether oxygens (including phenoxy) is 2. The molecule has 0 radical (unpaired) electrons. The molecule has 0 saturated carbocycles. The molecule has 7 nitrogen and oxygen atoms in total. The number of amides is 1. The number of carbonyl (C=O) groups excluding carboxylic acids is 1. The van der Waals surface area contributed by atoms with Crippen molar-refractivity contribution in [3.8, 4) is 11.5 Å². The molecule has 1 amide bonds. The third-order valence-corrected chi connectivity index (χ3v) is 5.19. The molecule has 1 atom stereocenters. The van der Waals surface area contributed by atoms with Crippen molar-refractivity contribution in [1.29, 1.82) is 0 Å². The average molecular weight is 397 g/mol. The highest BCUT2D eigenvalue weighted by Gasteiger charge is 2.31. The van der Waals surface area contributed by atoms with Crippen LogP contribution in [0.5, 0.6) is 11.5 Å². The zero-order valence-corrected chi connectivity index (χ0v) is 16.3. The lowest BCUT2D eigenvalue weighted by Gasteiger charge is -2.29. The Morgan fingerprint density at radius 3 is 2.66 bits per heavy atom. The van der Waals surface area contributed by atoms with Crippen molar-refractivity contribution >= 4 is 22.5 Å². The lowest BCUT2D eigenvalue weighted by molar-refractivity contribution is 0.0975. The molecule has 0 bridgehead atoms. The Morgan fingerprint density at radius 1 is 1.21 bits per heavy atom. The van der Waals surface area contributed by atoms with Crippen LogP contribution in [0.2, 0.25) is 0 Å². The first kappa shape index (κ1) is 19.1. The van der Waals surface area contributed by atoms with Gasteiger partial charge >= 0.3 is 0 Å². The van der Waals surface area contributed by atoms with E-state index in [-0.39, 0.29) is 11.3 Å². The molecule has 1 aromatic heterocycles. The number of carbonyl (C=O) groups is 1. The van der Waals surface area contributed by atoms with E-state index in [4.69, 9.17) is 9.47 Å². The summed E-state index contributed by atoms with van der Waals surface area (Å²) in [4.78, 5) is 14.7. The van der Waals surface area contributed by atoms with E-state index in [0.29, 0.717) is 46.4 Å². The van der Waals surface area contributed by atoms with Gasteiger partial charge in [0.05, 0.1) is 43.3 Å². The van der Waals surface area contributed by atoms with Gasteiger partial charge in [0.2, 0.25) is 0 Å². The zero-order valence-electron chi connectivity index (χ0n) is 16.3. The summed E-state index contributed by atoms with van der Waals surface area (Å²) in [6.45, 7) is 2.00. The average Bonchev–Trinajstić information content (AvgIpc) is 2.72. The molecule has 0 aliphatic carbocycles. The van der Waals surface area contributed by atoms with E-state index >= 15 is 0 Å². The second-order valence-electron chi connectivity index (χ2n) is 6.84. The summed E-state index contributed by atoms with van der Waals surface area (Å²) < 4.78 is 25.2. The number of rotatable bonds is 4. The van der Waals surface area contributed by atoms with Crippen molar-refractivity contribution in [2.75, 3.05) is 25.7 Å². The molecule has 2 aromatic carbocycles. The smallest absolute Gasteiger partial charge is 0.261 e. The Labute approximate surface area is 166 Å². The predicted molar refractivity (Wildman–Crippen MR) is 105 cm³/mol. The quantitative estimate of drug-likeness (QED) is 0.728. The van der Waals surface area contributed by atoms with E-state index in [1.165, 1.54) is 31.4 Å². The van der Waals surface area contributed by atoms with Crippen LogP contribution in [-0.2, 0) is 6.42 Å². The van der Waals surface area contributed by atoms with Gasteiger partial charge in [-0.3, -0.25) is 4.79 Å². The molecule has 1 aliphatic rings. The van der Waals surface area contributed by atoms with E-state index in [1.807, 2.05) is 0 Å². The van der Waals surface area contributed by atoms with Crippen molar-refractivity contribution in [2.24, 2.45) is 0 Å². The first-order chi connectivity index (χ1) is 14.0. The first-order valence-corrected chi connectivity index (χ1v) is 9.14. The molecular formula is C21H20FN3O4. The van der Waals surface area contributed by atoms with Gasteiger partial charge in [-0.05, 0) is 31.0 Å². The van der Waals surface area contributed by atoms with Crippen molar-refractivity contribution in [3.63, 3.8) is 0 Å². The fourth-order valence-corrected chi connectivity index (χ4v) is 3.70. The number of benzene rings is 2. The maximum absolute atomic E-state index is 14.8. The molecule has 3 aromatic rings. The Morgan fingerprint density at radius 2 is 1.97 bits per heavy atom. The van der Waals surface area contributed by atoms with Crippen LogP contribution in [0.25, 0.3) is 10.9 Å². The topological polar surface area (TPSA) is 84.8 Å². The van der Waals surface area contributed by atoms with Gasteiger partial charge in [0.25, 0.3) is 5.91 Å². The Bertz CT molecular complexity index is 1120. The van der Waals surface area contributed by atoms with Gasteiger partial charge < -0.3 is 19.5 Å². The summed E-state index contributed by atoms with van der Waals surface area (Å²) >= 11 is 0. The van der Waals surface area contributed by atoms with Crippen molar-refractivity contribution in [3.05, 3.63) is 53.0 Å². The highest BCUT2D eigenvalue weighted by atomic mass is 19.1. The number of methoxy groups -OCH3 is 2. The summed E-state index contributed by atoms with van der Waals surface area (Å²) in [5.41, 5.74) is 2.21. The molecule has 0 saturated heterocycles. The molecule has 4 rings (SSSR count). The van der Waals surface area contributed by atoms with E-state index < -0.39 is 17.8 Å². The zero-order chi connectivity index (χ0) is 20.7. The van der Waals surface area contributed by atoms with Crippen molar-refractivity contribution < 1.29 is 23.8 Å². The summed E-state index contributed by atoms with van der Waals surface area (Å²) in [6.07, 6.45) is 1.18. The van der Waals surface area contributed by atoms with Gasteiger partial charge in [-0.1, -0.05) is 6.07 Å². The lowest BCUT2D eigenvalue weighted by Crippen LogP contribution is -2.38. The van der Waals surface area contributed by atoms with Gasteiger partial charge in [-0.25, -0.2) is 4.39 Å². The summed E-state index contributed by atoms with van der Waals surface area (Å²) in [5.74, 6) is -0.633. The largest absolute Gasteiger partial charge is 0.496 e. The molecule has 1 N–H and O–H groups in total. The molecule has 1 unspecified atom stereocenters. The number of nitrogens with zero attached hydrogens (tertiary/aromatic N) is 3.